The molecule has 0 heterocycles. The monoisotopic (exact) mass is 288 g/mol. The smallest absolute Gasteiger partial charge is 0.0694 e. The van der Waals surface area contributed by atoms with E-state index in [1.807, 2.05) is 36.4 Å². The van der Waals surface area contributed by atoms with Gasteiger partial charge in [0.1, 0.15) is 0 Å². The highest BCUT2D eigenvalue weighted by Gasteiger charge is 2.14. The molecular formula is C20H16O2. The zero-order chi connectivity index (χ0) is 15.1. The van der Waals surface area contributed by atoms with E-state index in [0.29, 0.717) is 0 Å². The average Bonchev–Trinajstić information content (AvgIpc) is 2.59. The molecule has 2 N–H and O–H groups in total. The minimum atomic E-state index is -0.0171. The third kappa shape index (κ3) is 1.75. The summed E-state index contributed by atoms with van der Waals surface area (Å²) in [6.07, 6.45) is 0. The average molecular weight is 288 g/mol. The molecule has 0 atom stereocenters. The van der Waals surface area contributed by atoms with Crippen LogP contribution in [0.15, 0.2) is 60.7 Å². The van der Waals surface area contributed by atoms with Gasteiger partial charge >= 0.3 is 0 Å². The van der Waals surface area contributed by atoms with Gasteiger partial charge in [-0.2, -0.15) is 0 Å². The van der Waals surface area contributed by atoms with Crippen molar-refractivity contribution < 1.29 is 10.2 Å². The predicted octanol–water partition coefficient (Wildman–Crippen LogP) is 4.13. The maximum absolute atomic E-state index is 9.99. The van der Waals surface area contributed by atoms with E-state index < -0.39 is 0 Å². The highest BCUT2D eigenvalue weighted by molar-refractivity contribution is 6.16. The summed E-state index contributed by atoms with van der Waals surface area (Å²) in [4.78, 5) is 0. The second-order valence-electron chi connectivity index (χ2n) is 5.53. The Morgan fingerprint density at radius 2 is 1.14 bits per heavy atom. The van der Waals surface area contributed by atoms with E-state index in [4.69, 9.17) is 0 Å². The van der Waals surface area contributed by atoms with Crippen molar-refractivity contribution in [3.8, 4) is 0 Å². The molecule has 0 radical (unpaired) electrons. The third-order valence-electron chi connectivity index (χ3n) is 4.45. The van der Waals surface area contributed by atoms with E-state index in [0.717, 1.165) is 43.4 Å². The van der Waals surface area contributed by atoms with Crippen molar-refractivity contribution in [1.29, 1.82) is 0 Å². The third-order valence-corrected chi connectivity index (χ3v) is 4.45. The van der Waals surface area contributed by atoms with Gasteiger partial charge in [-0.25, -0.2) is 0 Å². The topological polar surface area (TPSA) is 40.5 Å². The molecule has 0 aromatic heterocycles. The number of fused-ring (bicyclic) bond motifs is 4. The molecule has 0 unspecified atom stereocenters. The molecule has 22 heavy (non-hydrogen) atoms. The first-order chi connectivity index (χ1) is 10.8. The van der Waals surface area contributed by atoms with Gasteiger partial charge in [0.15, 0.2) is 0 Å². The largest absolute Gasteiger partial charge is 0.392 e. The Morgan fingerprint density at radius 3 is 1.82 bits per heavy atom. The molecule has 0 saturated heterocycles. The van der Waals surface area contributed by atoms with Crippen LogP contribution in [0.5, 0.6) is 0 Å². The van der Waals surface area contributed by atoms with Crippen LogP contribution in [0.25, 0.3) is 32.3 Å². The Kier molecular flexibility index (Phi) is 3.07. The van der Waals surface area contributed by atoms with Crippen molar-refractivity contribution in [2.75, 3.05) is 0 Å². The lowest BCUT2D eigenvalue weighted by Crippen LogP contribution is -1.96. The molecule has 0 amide bonds. The Labute approximate surface area is 128 Å². The van der Waals surface area contributed by atoms with Gasteiger partial charge in [-0.15, -0.1) is 0 Å². The van der Waals surface area contributed by atoms with Gasteiger partial charge < -0.3 is 10.2 Å². The predicted molar refractivity (Wildman–Crippen MR) is 90.8 cm³/mol. The fraction of sp³-hybridized carbons (Fsp3) is 0.100. The maximum Gasteiger partial charge on any atom is 0.0694 e. The lowest BCUT2D eigenvalue weighted by molar-refractivity contribution is 0.282. The van der Waals surface area contributed by atoms with Crippen molar-refractivity contribution in [2.24, 2.45) is 0 Å². The quantitative estimate of drug-likeness (QED) is 0.430. The molecule has 0 aliphatic carbocycles. The van der Waals surface area contributed by atoms with Gasteiger partial charge in [0, 0.05) is 0 Å². The fourth-order valence-electron chi connectivity index (χ4n) is 3.47. The first kappa shape index (κ1) is 13.3. The second-order valence-corrected chi connectivity index (χ2v) is 5.53. The van der Waals surface area contributed by atoms with Crippen molar-refractivity contribution in [2.45, 2.75) is 13.2 Å². The molecule has 108 valence electrons. The van der Waals surface area contributed by atoms with E-state index in [1.54, 1.807) is 0 Å². The van der Waals surface area contributed by atoms with Crippen LogP contribution in [0.4, 0.5) is 0 Å². The summed E-state index contributed by atoms with van der Waals surface area (Å²) in [5, 5.41) is 26.2. The summed E-state index contributed by atoms with van der Waals surface area (Å²) in [5.74, 6) is 0. The van der Waals surface area contributed by atoms with Crippen molar-refractivity contribution >= 4 is 32.3 Å². The molecule has 0 spiro atoms. The molecule has 4 aromatic carbocycles. The molecule has 0 aliphatic rings. The molecule has 0 bridgehead atoms. The summed E-state index contributed by atoms with van der Waals surface area (Å²) < 4.78 is 0. The Balaban J connectivity index is 2.36. The van der Waals surface area contributed by atoms with Gasteiger partial charge in [-0.3, -0.25) is 0 Å². The summed E-state index contributed by atoms with van der Waals surface area (Å²) in [6.45, 7) is -0.0300. The van der Waals surface area contributed by atoms with Crippen molar-refractivity contribution in [3.63, 3.8) is 0 Å². The Morgan fingerprint density at radius 1 is 0.545 bits per heavy atom. The first-order valence-corrected chi connectivity index (χ1v) is 7.40. The number of hydrogen-bond donors (Lipinski definition) is 2. The van der Waals surface area contributed by atoms with Crippen LogP contribution in [0.1, 0.15) is 11.1 Å². The van der Waals surface area contributed by atoms with Crippen LogP contribution >= 0.6 is 0 Å². The molecule has 0 aliphatic heterocycles. The minimum absolute atomic E-state index is 0.0128. The van der Waals surface area contributed by atoms with Gasteiger partial charge in [-0.1, -0.05) is 60.7 Å². The van der Waals surface area contributed by atoms with E-state index in [9.17, 15) is 10.2 Å². The van der Waals surface area contributed by atoms with Crippen LogP contribution in [0.2, 0.25) is 0 Å². The first-order valence-electron chi connectivity index (χ1n) is 7.40. The van der Waals surface area contributed by atoms with Gasteiger partial charge in [0.2, 0.25) is 0 Å². The lowest BCUT2D eigenvalue weighted by atomic mass is 9.89. The van der Waals surface area contributed by atoms with Gasteiger partial charge in [0.25, 0.3) is 0 Å². The van der Waals surface area contributed by atoms with Crippen LogP contribution in [-0.4, -0.2) is 10.2 Å². The van der Waals surface area contributed by atoms with Gasteiger partial charge in [-0.05, 0) is 43.4 Å². The zero-order valence-electron chi connectivity index (χ0n) is 12.1. The molecule has 4 rings (SSSR count). The SMILES string of the molecule is OCc1c2ccccc2c(CO)c2c1ccc1ccccc12. The number of rotatable bonds is 2. The van der Waals surface area contributed by atoms with E-state index in [-0.39, 0.29) is 13.2 Å². The Hall–Kier alpha value is -2.42. The summed E-state index contributed by atoms with van der Waals surface area (Å²) in [6, 6.07) is 20.3. The zero-order valence-corrected chi connectivity index (χ0v) is 12.1. The molecule has 0 saturated carbocycles. The lowest BCUT2D eigenvalue weighted by Gasteiger charge is -2.16. The number of benzene rings is 4. The van der Waals surface area contributed by atoms with Crippen LogP contribution in [0, 0.1) is 0 Å². The van der Waals surface area contributed by atoms with E-state index in [2.05, 4.69) is 24.3 Å². The highest BCUT2D eigenvalue weighted by atomic mass is 16.3. The van der Waals surface area contributed by atoms with Crippen LogP contribution in [0.3, 0.4) is 0 Å². The molecule has 4 aromatic rings. The van der Waals surface area contributed by atoms with E-state index >= 15 is 0 Å². The fourth-order valence-corrected chi connectivity index (χ4v) is 3.47. The summed E-state index contributed by atoms with van der Waals surface area (Å²) in [5.41, 5.74) is 1.85. The summed E-state index contributed by atoms with van der Waals surface area (Å²) in [7, 11) is 0. The summed E-state index contributed by atoms with van der Waals surface area (Å²) >= 11 is 0. The van der Waals surface area contributed by atoms with Crippen molar-refractivity contribution in [1.82, 2.24) is 0 Å². The van der Waals surface area contributed by atoms with Crippen molar-refractivity contribution in [3.05, 3.63) is 71.8 Å². The molecule has 0 fully saturated rings. The molecule has 2 nitrogen and oxygen atoms in total. The number of hydrogen-bond acceptors (Lipinski definition) is 2. The number of aliphatic hydroxyl groups excluding tert-OH is 2. The minimum Gasteiger partial charge on any atom is -0.392 e. The Bertz CT molecular complexity index is 1000. The normalized spacial score (nSPS) is 11.5. The molecular weight excluding hydrogens is 272 g/mol. The highest BCUT2D eigenvalue weighted by Crippen LogP contribution is 2.37. The van der Waals surface area contributed by atoms with E-state index in [1.165, 1.54) is 0 Å². The standard InChI is InChI=1S/C20H16O2/c21-11-18-15-7-3-4-8-16(15)19(12-22)20-14-6-2-1-5-13(14)9-10-17(18)20/h1-10,21-22H,11-12H2. The van der Waals surface area contributed by atoms with Crippen LogP contribution < -0.4 is 0 Å². The van der Waals surface area contributed by atoms with Gasteiger partial charge in [0.05, 0.1) is 13.2 Å². The number of aliphatic hydroxyl groups is 2. The van der Waals surface area contributed by atoms with Crippen LogP contribution in [-0.2, 0) is 13.2 Å². The maximum atomic E-state index is 9.99. The molecule has 2 heteroatoms. The second kappa shape index (κ2) is 5.09.